The molecule has 0 aromatic heterocycles. The van der Waals surface area contributed by atoms with Crippen molar-refractivity contribution in [2.24, 2.45) is 0 Å². The van der Waals surface area contributed by atoms with Crippen LogP contribution in [-0.2, 0) is 12.1 Å². The molecule has 74 valence electrons. The van der Waals surface area contributed by atoms with E-state index in [0.29, 0.717) is 5.54 Å². The molecule has 2 aliphatic heterocycles. The van der Waals surface area contributed by atoms with Crippen molar-refractivity contribution < 1.29 is 0 Å². The van der Waals surface area contributed by atoms with Crippen molar-refractivity contribution >= 4 is 0 Å². The van der Waals surface area contributed by atoms with E-state index in [1.54, 1.807) is 5.56 Å². The fourth-order valence-corrected chi connectivity index (χ4v) is 2.80. The average Bonchev–Trinajstić information content (AvgIpc) is 2.60. The summed E-state index contributed by atoms with van der Waals surface area (Å²) in [4.78, 5) is 0. The van der Waals surface area contributed by atoms with Gasteiger partial charge in [0.25, 0.3) is 0 Å². The lowest BCUT2D eigenvalue weighted by molar-refractivity contribution is 0.265. The molecule has 0 bridgehead atoms. The number of hydrogen-bond donors (Lipinski definition) is 2. The Kier molecular flexibility index (Phi) is 1.85. The van der Waals surface area contributed by atoms with Crippen LogP contribution in [-0.4, -0.2) is 13.1 Å². The van der Waals surface area contributed by atoms with Gasteiger partial charge in [0.1, 0.15) is 0 Å². The second kappa shape index (κ2) is 3.07. The second-order valence-corrected chi connectivity index (χ2v) is 4.34. The molecule has 1 spiro atoms. The Morgan fingerprint density at radius 1 is 1.07 bits per heavy atom. The largest absolute Gasteiger partial charge is 0.317 e. The van der Waals surface area contributed by atoms with Gasteiger partial charge in [0.05, 0.1) is 0 Å². The SMILES string of the molecule is c1ccc2c(c1)CNC21CCNCC1. The molecule has 0 amide bonds. The molecule has 2 N–H and O–H groups in total. The van der Waals surface area contributed by atoms with Crippen LogP contribution in [0.5, 0.6) is 0 Å². The molecule has 0 radical (unpaired) electrons. The van der Waals surface area contributed by atoms with Gasteiger partial charge in [-0.15, -0.1) is 0 Å². The maximum atomic E-state index is 3.70. The first-order valence-electron chi connectivity index (χ1n) is 5.45. The molecule has 0 aliphatic carbocycles. The van der Waals surface area contributed by atoms with Gasteiger partial charge in [0.2, 0.25) is 0 Å². The van der Waals surface area contributed by atoms with E-state index in [2.05, 4.69) is 34.9 Å². The van der Waals surface area contributed by atoms with Crippen LogP contribution in [0.1, 0.15) is 24.0 Å². The predicted molar refractivity (Wildman–Crippen MR) is 57.1 cm³/mol. The van der Waals surface area contributed by atoms with Crippen LogP contribution in [0.2, 0.25) is 0 Å². The molecule has 1 saturated heterocycles. The van der Waals surface area contributed by atoms with Crippen LogP contribution in [0.4, 0.5) is 0 Å². The molecule has 2 nitrogen and oxygen atoms in total. The van der Waals surface area contributed by atoms with E-state index in [0.717, 1.165) is 19.6 Å². The van der Waals surface area contributed by atoms with Crippen LogP contribution >= 0.6 is 0 Å². The molecule has 2 heteroatoms. The molecule has 1 aromatic carbocycles. The maximum absolute atomic E-state index is 3.70. The van der Waals surface area contributed by atoms with Gasteiger partial charge in [-0.05, 0) is 37.1 Å². The number of rotatable bonds is 0. The molecule has 3 rings (SSSR count). The molecule has 0 atom stereocenters. The van der Waals surface area contributed by atoms with E-state index >= 15 is 0 Å². The first-order chi connectivity index (χ1) is 6.91. The van der Waals surface area contributed by atoms with Crippen molar-refractivity contribution in [3.63, 3.8) is 0 Å². The molecule has 0 saturated carbocycles. The van der Waals surface area contributed by atoms with Gasteiger partial charge in [-0.2, -0.15) is 0 Å². The van der Waals surface area contributed by atoms with Crippen molar-refractivity contribution in [3.05, 3.63) is 35.4 Å². The monoisotopic (exact) mass is 188 g/mol. The van der Waals surface area contributed by atoms with Gasteiger partial charge in [-0.1, -0.05) is 24.3 Å². The minimum Gasteiger partial charge on any atom is -0.317 e. The summed E-state index contributed by atoms with van der Waals surface area (Å²) in [6.07, 6.45) is 2.45. The summed E-state index contributed by atoms with van der Waals surface area (Å²) in [5.74, 6) is 0. The molecular weight excluding hydrogens is 172 g/mol. The average molecular weight is 188 g/mol. The van der Waals surface area contributed by atoms with Crippen LogP contribution in [0.15, 0.2) is 24.3 Å². The first-order valence-corrected chi connectivity index (χ1v) is 5.45. The molecule has 2 heterocycles. The second-order valence-electron chi connectivity index (χ2n) is 4.34. The van der Waals surface area contributed by atoms with Crippen molar-refractivity contribution in [2.75, 3.05) is 13.1 Å². The van der Waals surface area contributed by atoms with E-state index in [1.807, 2.05) is 0 Å². The summed E-state index contributed by atoms with van der Waals surface area (Å²) in [6, 6.07) is 8.84. The molecular formula is C12H16N2. The third-order valence-corrected chi connectivity index (χ3v) is 3.61. The summed E-state index contributed by atoms with van der Waals surface area (Å²) in [5, 5.41) is 7.12. The van der Waals surface area contributed by atoms with Crippen LogP contribution in [0.3, 0.4) is 0 Å². The summed E-state index contributed by atoms with van der Waals surface area (Å²) in [7, 11) is 0. The first kappa shape index (κ1) is 8.45. The number of piperidine rings is 1. The Bertz CT molecular complexity index is 334. The fourth-order valence-electron chi connectivity index (χ4n) is 2.80. The topological polar surface area (TPSA) is 24.1 Å². The highest BCUT2D eigenvalue weighted by Gasteiger charge is 2.38. The van der Waals surface area contributed by atoms with Gasteiger partial charge in [0.15, 0.2) is 0 Å². The van der Waals surface area contributed by atoms with Crippen molar-refractivity contribution in [1.29, 1.82) is 0 Å². The van der Waals surface area contributed by atoms with Crippen LogP contribution in [0, 0.1) is 0 Å². The summed E-state index contributed by atoms with van der Waals surface area (Å²) < 4.78 is 0. The minimum atomic E-state index is 0.293. The smallest absolute Gasteiger partial charge is 0.0464 e. The zero-order valence-electron chi connectivity index (χ0n) is 8.34. The van der Waals surface area contributed by atoms with Crippen LogP contribution < -0.4 is 10.6 Å². The molecule has 1 aromatic rings. The third kappa shape index (κ3) is 1.11. The Hall–Kier alpha value is -0.860. The van der Waals surface area contributed by atoms with Crippen molar-refractivity contribution in [2.45, 2.75) is 24.9 Å². The quantitative estimate of drug-likeness (QED) is 0.642. The highest BCUT2D eigenvalue weighted by molar-refractivity contribution is 5.38. The zero-order valence-corrected chi connectivity index (χ0v) is 8.34. The van der Waals surface area contributed by atoms with E-state index in [1.165, 1.54) is 18.4 Å². The van der Waals surface area contributed by atoms with E-state index in [9.17, 15) is 0 Å². The Morgan fingerprint density at radius 2 is 1.86 bits per heavy atom. The lowest BCUT2D eigenvalue weighted by Gasteiger charge is -2.35. The molecule has 2 aliphatic rings. The number of fused-ring (bicyclic) bond motifs is 2. The highest BCUT2D eigenvalue weighted by Crippen LogP contribution is 2.37. The van der Waals surface area contributed by atoms with Crippen molar-refractivity contribution in [3.8, 4) is 0 Å². The van der Waals surface area contributed by atoms with Gasteiger partial charge in [-0.3, -0.25) is 0 Å². The van der Waals surface area contributed by atoms with E-state index in [-0.39, 0.29) is 0 Å². The molecule has 0 unspecified atom stereocenters. The van der Waals surface area contributed by atoms with Gasteiger partial charge >= 0.3 is 0 Å². The Morgan fingerprint density at radius 3 is 2.71 bits per heavy atom. The number of nitrogens with one attached hydrogen (secondary N) is 2. The summed E-state index contributed by atoms with van der Waals surface area (Å²) >= 11 is 0. The summed E-state index contributed by atoms with van der Waals surface area (Å²) in [6.45, 7) is 3.33. The Balaban J connectivity index is 2.03. The standard InChI is InChI=1S/C12H16N2/c1-2-4-11-10(3-1)9-14-12(11)5-7-13-8-6-12/h1-4,13-14H,5-9H2. The minimum absolute atomic E-state index is 0.293. The normalized spacial score (nSPS) is 23.7. The number of hydrogen-bond acceptors (Lipinski definition) is 2. The Labute approximate surface area is 84.7 Å². The lowest BCUT2D eigenvalue weighted by atomic mass is 9.82. The zero-order chi connectivity index (χ0) is 9.43. The van der Waals surface area contributed by atoms with E-state index < -0.39 is 0 Å². The van der Waals surface area contributed by atoms with E-state index in [4.69, 9.17) is 0 Å². The molecule has 14 heavy (non-hydrogen) atoms. The third-order valence-electron chi connectivity index (χ3n) is 3.61. The van der Waals surface area contributed by atoms with Gasteiger partial charge in [0, 0.05) is 12.1 Å². The highest BCUT2D eigenvalue weighted by atomic mass is 15.0. The van der Waals surface area contributed by atoms with Gasteiger partial charge < -0.3 is 10.6 Å². The van der Waals surface area contributed by atoms with Gasteiger partial charge in [-0.25, -0.2) is 0 Å². The van der Waals surface area contributed by atoms with Crippen LogP contribution in [0.25, 0.3) is 0 Å². The predicted octanol–water partition coefficient (Wildman–Crippen LogP) is 1.37. The maximum Gasteiger partial charge on any atom is 0.0464 e. The lowest BCUT2D eigenvalue weighted by Crippen LogP contribution is -2.46. The number of benzene rings is 1. The molecule has 1 fully saturated rings. The van der Waals surface area contributed by atoms with Crippen molar-refractivity contribution in [1.82, 2.24) is 10.6 Å². The fraction of sp³-hybridized carbons (Fsp3) is 0.500. The summed E-state index contributed by atoms with van der Waals surface area (Å²) in [5.41, 5.74) is 3.33.